The number of allylic oxidation sites excluding steroid dienone is 4. The molecule has 0 saturated heterocycles. The molecule has 1 aliphatic carbocycles. The third-order valence-electron chi connectivity index (χ3n) is 2.10. The lowest BCUT2D eigenvalue weighted by Gasteiger charge is -1.97. The van der Waals surface area contributed by atoms with Gasteiger partial charge in [0.2, 0.25) is 0 Å². The molecule has 0 aromatic carbocycles. The average Bonchev–Trinajstić information content (AvgIpc) is 2.34. The van der Waals surface area contributed by atoms with E-state index < -0.39 is 0 Å². The Morgan fingerprint density at radius 1 is 1.64 bits per heavy atom. The Labute approximate surface area is 67.1 Å². The minimum atomic E-state index is 0.816. The van der Waals surface area contributed by atoms with Crippen LogP contribution in [0.15, 0.2) is 29.4 Å². The van der Waals surface area contributed by atoms with Gasteiger partial charge in [-0.1, -0.05) is 11.6 Å². The SMILES string of the molecule is C=CCC1=C(C)CCC1=C=O. The third kappa shape index (κ3) is 1.50. The van der Waals surface area contributed by atoms with Crippen LogP contribution in [0.2, 0.25) is 0 Å². The quantitative estimate of drug-likeness (QED) is 0.434. The second-order valence-corrected chi connectivity index (χ2v) is 2.83. The predicted octanol–water partition coefficient (Wildman–Crippen LogP) is 2.43. The molecule has 58 valence electrons. The van der Waals surface area contributed by atoms with Crippen molar-refractivity contribution in [3.8, 4) is 0 Å². The van der Waals surface area contributed by atoms with Gasteiger partial charge < -0.3 is 0 Å². The number of hydrogen-bond donors (Lipinski definition) is 0. The van der Waals surface area contributed by atoms with Crippen molar-refractivity contribution in [1.82, 2.24) is 0 Å². The molecule has 0 aromatic rings. The van der Waals surface area contributed by atoms with Crippen LogP contribution in [0, 0.1) is 0 Å². The van der Waals surface area contributed by atoms with Crippen molar-refractivity contribution < 1.29 is 4.79 Å². The maximum absolute atomic E-state index is 10.4. The van der Waals surface area contributed by atoms with Crippen molar-refractivity contribution in [3.05, 3.63) is 29.4 Å². The van der Waals surface area contributed by atoms with Gasteiger partial charge >= 0.3 is 0 Å². The molecule has 0 aromatic heterocycles. The maximum atomic E-state index is 10.4. The van der Waals surface area contributed by atoms with Gasteiger partial charge in [-0.25, -0.2) is 4.79 Å². The van der Waals surface area contributed by atoms with Crippen LogP contribution in [-0.2, 0) is 4.79 Å². The van der Waals surface area contributed by atoms with Crippen LogP contribution in [0.5, 0.6) is 0 Å². The monoisotopic (exact) mass is 148 g/mol. The fourth-order valence-electron chi connectivity index (χ4n) is 1.43. The van der Waals surface area contributed by atoms with Crippen LogP contribution in [0.1, 0.15) is 26.2 Å². The van der Waals surface area contributed by atoms with Crippen LogP contribution in [0.3, 0.4) is 0 Å². The van der Waals surface area contributed by atoms with Crippen LogP contribution in [-0.4, -0.2) is 5.94 Å². The lowest BCUT2D eigenvalue weighted by Crippen LogP contribution is -1.83. The molecule has 0 aliphatic heterocycles. The lowest BCUT2D eigenvalue weighted by atomic mass is 10.1. The van der Waals surface area contributed by atoms with E-state index in [9.17, 15) is 4.79 Å². The summed E-state index contributed by atoms with van der Waals surface area (Å²) in [6, 6.07) is 0. The summed E-state index contributed by atoms with van der Waals surface area (Å²) in [5.41, 5.74) is 3.33. The number of hydrogen-bond acceptors (Lipinski definition) is 1. The van der Waals surface area contributed by atoms with Crippen LogP contribution in [0.4, 0.5) is 0 Å². The summed E-state index contributed by atoms with van der Waals surface area (Å²) in [5, 5.41) is 0. The van der Waals surface area contributed by atoms with Gasteiger partial charge in [0.05, 0.1) is 0 Å². The summed E-state index contributed by atoms with van der Waals surface area (Å²) in [6.45, 7) is 5.72. The normalized spacial score (nSPS) is 17.0. The van der Waals surface area contributed by atoms with Crippen molar-refractivity contribution in [2.45, 2.75) is 26.2 Å². The van der Waals surface area contributed by atoms with Gasteiger partial charge in [0.15, 0.2) is 0 Å². The van der Waals surface area contributed by atoms with E-state index >= 15 is 0 Å². The zero-order valence-corrected chi connectivity index (χ0v) is 6.81. The van der Waals surface area contributed by atoms with E-state index in [2.05, 4.69) is 13.5 Å². The molecule has 0 spiro atoms. The van der Waals surface area contributed by atoms with Crippen LogP contribution >= 0.6 is 0 Å². The average molecular weight is 148 g/mol. The molecule has 0 unspecified atom stereocenters. The molecule has 1 rings (SSSR count). The highest BCUT2D eigenvalue weighted by Crippen LogP contribution is 2.31. The molecule has 0 heterocycles. The van der Waals surface area contributed by atoms with E-state index in [-0.39, 0.29) is 0 Å². The van der Waals surface area contributed by atoms with Crippen molar-refractivity contribution >= 4 is 5.94 Å². The molecule has 0 amide bonds. The molecule has 0 radical (unpaired) electrons. The summed E-state index contributed by atoms with van der Waals surface area (Å²) < 4.78 is 0. The Balaban J connectivity index is 2.93. The molecular formula is C10H12O. The van der Waals surface area contributed by atoms with Crippen molar-refractivity contribution in [2.75, 3.05) is 0 Å². The van der Waals surface area contributed by atoms with E-state index in [1.165, 1.54) is 5.57 Å². The third-order valence-corrected chi connectivity index (χ3v) is 2.10. The van der Waals surface area contributed by atoms with Gasteiger partial charge in [-0.3, -0.25) is 0 Å². The molecule has 1 heteroatoms. The Morgan fingerprint density at radius 3 is 2.91 bits per heavy atom. The predicted molar refractivity (Wildman–Crippen MR) is 46.0 cm³/mol. The van der Waals surface area contributed by atoms with E-state index in [1.54, 1.807) is 0 Å². The number of rotatable bonds is 2. The summed E-state index contributed by atoms with van der Waals surface area (Å²) in [4.78, 5) is 10.4. The Morgan fingerprint density at radius 2 is 2.36 bits per heavy atom. The maximum Gasteiger partial charge on any atom is 0.128 e. The van der Waals surface area contributed by atoms with E-state index in [0.29, 0.717) is 0 Å². The highest BCUT2D eigenvalue weighted by molar-refractivity contribution is 5.64. The fraction of sp³-hybridized carbons (Fsp3) is 0.400. The molecule has 11 heavy (non-hydrogen) atoms. The topological polar surface area (TPSA) is 17.1 Å². The Bertz CT molecular complexity index is 252. The molecule has 0 bridgehead atoms. The second kappa shape index (κ2) is 3.36. The van der Waals surface area contributed by atoms with Crippen LogP contribution < -0.4 is 0 Å². The lowest BCUT2D eigenvalue weighted by molar-refractivity contribution is 0.566. The Kier molecular flexibility index (Phi) is 2.45. The minimum absolute atomic E-state index is 0.816. The van der Waals surface area contributed by atoms with Gasteiger partial charge in [0.25, 0.3) is 0 Å². The van der Waals surface area contributed by atoms with Gasteiger partial charge in [0, 0.05) is 5.57 Å². The molecule has 0 fully saturated rings. The zero-order chi connectivity index (χ0) is 8.27. The minimum Gasteiger partial charge on any atom is -0.233 e. The first-order chi connectivity index (χ1) is 5.29. The van der Waals surface area contributed by atoms with E-state index in [0.717, 1.165) is 30.4 Å². The zero-order valence-electron chi connectivity index (χ0n) is 6.81. The summed E-state index contributed by atoms with van der Waals surface area (Å²) in [5.74, 6) is 1.99. The van der Waals surface area contributed by atoms with Gasteiger partial charge in [0.1, 0.15) is 5.94 Å². The molecule has 0 atom stereocenters. The van der Waals surface area contributed by atoms with Gasteiger partial charge in [-0.2, -0.15) is 0 Å². The van der Waals surface area contributed by atoms with E-state index in [4.69, 9.17) is 0 Å². The molecule has 0 saturated carbocycles. The number of carbonyl (C=O) groups excluding carboxylic acids is 1. The second-order valence-electron chi connectivity index (χ2n) is 2.83. The first-order valence-corrected chi connectivity index (χ1v) is 3.83. The highest BCUT2D eigenvalue weighted by atomic mass is 16.1. The van der Waals surface area contributed by atoms with Crippen molar-refractivity contribution in [1.29, 1.82) is 0 Å². The van der Waals surface area contributed by atoms with Crippen LogP contribution in [0.25, 0.3) is 0 Å². The first kappa shape index (κ1) is 8.03. The summed E-state index contributed by atoms with van der Waals surface area (Å²) in [6.07, 6.45) is 4.55. The standard InChI is InChI=1S/C10H12O/c1-3-4-10-8(2)5-6-9(10)7-11/h3H,1,4-6H2,2H3. The van der Waals surface area contributed by atoms with Gasteiger partial charge in [-0.05, 0) is 31.8 Å². The summed E-state index contributed by atoms with van der Waals surface area (Å²) >= 11 is 0. The van der Waals surface area contributed by atoms with Gasteiger partial charge in [-0.15, -0.1) is 6.58 Å². The fourth-order valence-corrected chi connectivity index (χ4v) is 1.43. The summed E-state index contributed by atoms with van der Waals surface area (Å²) in [7, 11) is 0. The molecular weight excluding hydrogens is 136 g/mol. The molecule has 0 N–H and O–H groups in total. The largest absolute Gasteiger partial charge is 0.233 e. The van der Waals surface area contributed by atoms with E-state index in [1.807, 2.05) is 12.0 Å². The molecule has 1 nitrogen and oxygen atoms in total. The smallest absolute Gasteiger partial charge is 0.128 e. The molecule has 1 aliphatic rings. The Hall–Kier alpha value is -1.07. The highest BCUT2D eigenvalue weighted by Gasteiger charge is 2.15. The van der Waals surface area contributed by atoms with Crippen molar-refractivity contribution in [2.24, 2.45) is 0 Å². The van der Waals surface area contributed by atoms with Crippen molar-refractivity contribution in [3.63, 3.8) is 0 Å². The first-order valence-electron chi connectivity index (χ1n) is 3.83.